The highest BCUT2D eigenvalue weighted by atomic mass is 35.5. The van der Waals surface area contributed by atoms with Gasteiger partial charge in [-0.05, 0) is 24.1 Å². The van der Waals surface area contributed by atoms with Gasteiger partial charge in [-0.3, -0.25) is 0 Å². The molecule has 100 valence electrons. The molecule has 0 bridgehead atoms. The second-order valence-corrected chi connectivity index (χ2v) is 4.30. The number of aromatic nitrogens is 2. The summed E-state index contributed by atoms with van der Waals surface area (Å²) in [5, 5.41) is 10.3. The van der Waals surface area contributed by atoms with E-state index in [1.807, 2.05) is 6.92 Å². The lowest BCUT2D eigenvalue weighted by Gasteiger charge is -2.15. The van der Waals surface area contributed by atoms with Crippen LogP contribution in [-0.4, -0.2) is 21.2 Å². The summed E-state index contributed by atoms with van der Waals surface area (Å²) in [6, 6.07) is 3.21. The number of H-pyrrole nitrogens is 1. The molecule has 0 aliphatic carbocycles. The Hall–Kier alpha value is -2.12. The van der Waals surface area contributed by atoms with Gasteiger partial charge in [-0.25, -0.2) is 15.4 Å². The van der Waals surface area contributed by atoms with Crippen LogP contribution in [0.4, 0.5) is 10.6 Å². The van der Waals surface area contributed by atoms with Gasteiger partial charge in [0.15, 0.2) is 5.82 Å². The molecule has 7 nitrogen and oxygen atoms in total. The summed E-state index contributed by atoms with van der Waals surface area (Å²) in [6.45, 7) is 1.88. The number of halogens is 1. The van der Waals surface area contributed by atoms with Crippen molar-refractivity contribution in [3.8, 4) is 0 Å². The fraction of sp³-hybridized carbons (Fsp3) is 0.182. The number of hydrogen-bond acceptors (Lipinski definition) is 4. The van der Waals surface area contributed by atoms with E-state index in [1.165, 1.54) is 6.07 Å². The highest BCUT2D eigenvalue weighted by molar-refractivity contribution is 6.31. The minimum atomic E-state index is -1.41. The van der Waals surface area contributed by atoms with Crippen molar-refractivity contribution in [2.45, 2.75) is 13.3 Å². The lowest BCUT2D eigenvalue weighted by Crippen LogP contribution is -2.38. The summed E-state index contributed by atoms with van der Waals surface area (Å²) >= 11 is 5.95. The van der Waals surface area contributed by atoms with E-state index in [0.717, 1.165) is 5.56 Å². The third-order valence-electron chi connectivity index (χ3n) is 2.67. The van der Waals surface area contributed by atoms with Crippen LogP contribution in [-0.2, 0) is 6.42 Å². The monoisotopic (exact) mass is 282 g/mol. The van der Waals surface area contributed by atoms with Crippen molar-refractivity contribution >= 4 is 34.4 Å². The maximum absolute atomic E-state index is 11.5. The molecule has 0 saturated carbocycles. The molecule has 2 aromatic rings. The van der Waals surface area contributed by atoms with Crippen LogP contribution in [0.1, 0.15) is 12.5 Å². The normalized spacial score (nSPS) is 10.7. The Morgan fingerprint density at radius 3 is 2.84 bits per heavy atom. The highest BCUT2D eigenvalue weighted by Gasteiger charge is 2.18. The zero-order chi connectivity index (χ0) is 14.2. The molecule has 1 heterocycles. The molecule has 19 heavy (non-hydrogen) atoms. The molecule has 0 aliphatic heterocycles. The average Bonchev–Trinajstić information content (AvgIpc) is 2.35. The number of carbonyl (C=O) groups is 1. The number of aromatic amines is 1. The number of anilines is 1. The van der Waals surface area contributed by atoms with Gasteiger partial charge >= 0.3 is 11.8 Å². The van der Waals surface area contributed by atoms with Crippen molar-refractivity contribution in [1.29, 1.82) is 0 Å². The minimum absolute atomic E-state index is 0.111. The van der Waals surface area contributed by atoms with Gasteiger partial charge in [0.05, 0.1) is 5.52 Å². The zero-order valence-corrected chi connectivity index (χ0v) is 10.7. The van der Waals surface area contributed by atoms with E-state index >= 15 is 0 Å². The van der Waals surface area contributed by atoms with Crippen LogP contribution in [0.15, 0.2) is 16.9 Å². The van der Waals surface area contributed by atoms with Crippen LogP contribution >= 0.6 is 11.6 Å². The molecule has 0 fully saturated rings. The molecule has 8 heteroatoms. The average molecular weight is 283 g/mol. The number of aryl methyl sites for hydroxylation is 1. The van der Waals surface area contributed by atoms with E-state index in [0.29, 0.717) is 27.4 Å². The summed E-state index contributed by atoms with van der Waals surface area (Å²) in [6.07, 6.45) is -0.818. The Kier molecular flexibility index (Phi) is 3.41. The summed E-state index contributed by atoms with van der Waals surface area (Å²) in [5.41, 5.74) is 0.456. The predicted octanol–water partition coefficient (Wildman–Crippen LogP) is 1.50. The van der Waals surface area contributed by atoms with Crippen molar-refractivity contribution in [1.82, 2.24) is 9.97 Å². The van der Waals surface area contributed by atoms with Crippen molar-refractivity contribution in [2.24, 2.45) is 5.84 Å². The fourth-order valence-corrected chi connectivity index (χ4v) is 2.11. The maximum atomic E-state index is 11.5. The summed E-state index contributed by atoms with van der Waals surface area (Å²) in [7, 11) is 0. The van der Waals surface area contributed by atoms with Crippen molar-refractivity contribution in [3.05, 3.63) is 33.2 Å². The van der Waals surface area contributed by atoms with Crippen LogP contribution in [0.2, 0.25) is 5.02 Å². The first-order chi connectivity index (χ1) is 8.93. The van der Waals surface area contributed by atoms with E-state index in [4.69, 9.17) is 22.6 Å². The van der Waals surface area contributed by atoms with Crippen LogP contribution < -0.4 is 16.5 Å². The zero-order valence-electron chi connectivity index (χ0n) is 9.98. The van der Waals surface area contributed by atoms with Crippen LogP contribution in [0, 0.1) is 0 Å². The number of nitrogens with zero attached hydrogens (tertiary/aromatic N) is 2. The standard InChI is InChI=1S/C11H11ClN4O3/c1-2-5-3-6(12)4-7-8(5)9(15-10(17)14-7)16(13)11(18)19/h3-4H,2,13H2,1H3,(H,18,19)(H,14,15,17). The summed E-state index contributed by atoms with van der Waals surface area (Å²) in [5.74, 6) is 5.31. The number of amides is 1. The molecule has 0 spiro atoms. The van der Waals surface area contributed by atoms with Crippen LogP contribution in [0.5, 0.6) is 0 Å². The van der Waals surface area contributed by atoms with Crippen LogP contribution in [0.3, 0.4) is 0 Å². The Morgan fingerprint density at radius 1 is 1.58 bits per heavy atom. The Bertz CT molecular complexity index is 713. The lowest BCUT2D eigenvalue weighted by atomic mass is 10.1. The first-order valence-electron chi connectivity index (χ1n) is 5.44. The Balaban J connectivity index is 2.89. The summed E-state index contributed by atoms with van der Waals surface area (Å²) < 4.78 is 0. The van der Waals surface area contributed by atoms with Gasteiger partial charge in [0.2, 0.25) is 0 Å². The van der Waals surface area contributed by atoms with Gasteiger partial charge in [-0.15, -0.1) is 0 Å². The van der Waals surface area contributed by atoms with E-state index < -0.39 is 11.8 Å². The topological polar surface area (TPSA) is 112 Å². The minimum Gasteiger partial charge on any atom is -0.464 e. The quantitative estimate of drug-likeness (QED) is 0.439. The first-order valence-corrected chi connectivity index (χ1v) is 5.82. The molecule has 0 saturated heterocycles. The molecule has 0 aliphatic rings. The number of nitrogens with one attached hydrogen (secondary N) is 1. The molecule has 0 atom stereocenters. The smallest absolute Gasteiger partial charge is 0.427 e. The lowest BCUT2D eigenvalue weighted by molar-refractivity contribution is 0.202. The van der Waals surface area contributed by atoms with Crippen molar-refractivity contribution < 1.29 is 9.90 Å². The molecule has 0 unspecified atom stereocenters. The number of fused-ring (bicyclic) bond motifs is 1. The Labute approximate surface area is 112 Å². The third-order valence-corrected chi connectivity index (χ3v) is 2.89. The Morgan fingerprint density at radius 2 is 2.26 bits per heavy atom. The van der Waals surface area contributed by atoms with E-state index in [-0.39, 0.29) is 5.82 Å². The number of hydrogen-bond donors (Lipinski definition) is 3. The summed E-state index contributed by atoms with van der Waals surface area (Å²) in [4.78, 5) is 28.5. The number of carboxylic acid groups (broad SMARTS) is 1. The van der Waals surface area contributed by atoms with Gasteiger partial charge in [0.25, 0.3) is 0 Å². The number of benzene rings is 1. The van der Waals surface area contributed by atoms with Crippen molar-refractivity contribution in [2.75, 3.05) is 5.01 Å². The molecular formula is C11H11ClN4O3. The van der Waals surface area contributed by atoms with Crippen molar-refractivity contribution in [3.63, 3.8) is 0 Å². The second kappa shape index (κ2) is 4.87. The largest absolute Gasteiger partial charge is 0.464 e. The van der Waals surface area contributed by atoms with Crippen LogP contribution in [0.25, 0.3) is 10.9 Å². The first kappa shape index (κ1) is 13.3. The molecule has 2 rings (SSSR count). The van der Waals surface area contributed by atoms with E-state index in [2.05, 4.69) is 9.97 Å². The molecule has 0 radical (unpaired) electrons. The molecule has 1 aromatic carbocycles. The van der Waals surface area contributed by atoms with Gasteiger partial charge in [-0.2, -0.15) is 9.99 Å². The van der Waals surface area contributed by atoms with E-state index in [9.17, 15) is 9.59 Å². The predicted molar refractivity (Wildman–Crippen MR) is 71.4 cm³/mol. The van der Waals surface area contributed by atoms with Gasteiger partial charge in [-0.1, -0.05) is 18.5 Å². The second-order valence-electron chi connectivity index (χ2n) is 3.86. The number of nitrogens with two attached hydrogens (primary N) is 1. The molecule has 1 amide bonds. The fourth-order valence-electron chi connectivity index (χ4n) is 1.86. The third kappa shape index (κ3) is 2.38. The molecule has 4 N–H and O–H groups in total. The van der Waals surface area contributed by atoms with E-state index in [1.54, 1.807) is 6.07 Å². The van der Waals surface area contributed by atoms with Gasteiger partial charge in [0.1, 0.15) is 0 Å². The number of rotatable bonds is 2. The van der Waals surface area contributed by atoms with Gasteiger partial charge in [0, 0.05) is 10.4 Å². The number of hydrazine groups is 1. The maximum Gasteiger partial charge on any atom is 0.427 e. The molecular weight excluding hydrogens is 272 g/mol. The highest BCUT2D eigenvalue weighted by Crippen LogP contribution is 2.28. The van der Waals surface area contributed by atoms with Gasteiger partial charge < -0.3 is 10.1 Å². The SMILES string of the molecule is CCc1cc(Cl)cc2[nH]c(=O)nc(N(N)C(=O)O)c12. The molecule has 1 aromatic heterocycles.